The minimum atomic E-state index is -0.254. The molecule has 2 aliphatic rings. The molecule has 0 radical (unpaired) electrons. The van der Waals surface area contributed by atoms with Gasteiger partial charge in [0.1, 0.15) is 6.04 Å². The third-order valence-electron chi connectivity index (χ3n) is 4.65. The fourth-order valence-corrected chi connectivity index (χ4v) is 3.14. The molecule has 1 aliphatic carbocycles. The zero-order valence-electron chi connectivity index (χ0n) is 13.1. The summed E-state index contributed by atoms with van der Waals surface area (Å²) in [4.78, 5) is 26.6. The van der Waals surface area contributed by atoms with Crippen LogP contribution in [0.2, 0.25) is 0 Å². The number of carbonyl (C=O) groups is 2. The number of carbonyl (C=O) groups excluding carboxylic acids is 2. The maximum absolute atomic E-state index is 12.6. The number of hydrogen-bond donors (Lipinski definition) is 1. The number of likely N-dealkylation sites (tertiary alicyclic amines) is 1. The monoisotopic (exact) mass is 300 g/mol. The summed E-state index contributed by atoms with van der Waals surface area (Å²) >= 11 is 0. The Bertz CT molecular complexity index is 539. The predicted octanol–water partition coefficient (Wildman–Crippen LogP) is 2.45. The fourth-order valence-electron chi connectivity index (χ4n) is 3.14. The normalized spacial score (nSPS) is 22.4. The highest BCUT2D eigenvalue weighted by Gasteiger charge is 2.36. The quantitative estimate of drug-likeness (QED) is 0.908. The Morgan fingerprint density at radius 1 is 1.23 bits per heavy atom. The van der Waals surface area contributed by atoms with Gasteiger partial charge >= 0.3 is 0 Å². The van der Waals surface area contributed by atoms with E-state index in [2.05, 4.69) is 24.4 Å². The van der Waals surface area contributed by atoms with Crippen LogP contribution >= 0.6 is 0 Å². The lowest BCUT2D eigenvalue weighted by Gasteiger charge is -2.25. The summed E-state index contributed by atoms with van der Waals surface area (Å²) in [6.45, 7) is 2.78. The van der Waals surface area contributed by atoms with Gasteiger partial charge in [-0.2, -0.15) is 0 Å². The average molecular weight is 300 g/mol. The van der Waals surface area contributed by atoms with Crippen molar-refractivity contribution < 1.29 is 9.59 Å². The Hall–Kier alpha value is -1.84. The van der Waals surface area contributed by atoms with Crippen LogP contribution in [0.25, 0.3) is 0 Å². The van der Waals surface area contributed by atoms with E-state index in [1.807, 2.05) is 18.2 Å². The number of nitrogens with zero attached hydrogens (tertiary/aromatic N) is 1. The lowest BCUT2D eigenvalue weighted by atomic mass is 9.97. The molecule has 2 atom stereocenters. The Morgan fingerprint density at radius 2 is 1.95 bits per heavy atom. The van der Waals surface area contributed by atoms with Crippen LogP contribution in [-0.2, 0) is 9.59 Å². The van der Waals surface area contributed by atoms with Crippen molar-refractivity contribution >= 4 is 11.8 Å². The minimum Gasteiger partial charge on any atom is -0.352 e. The van der Waals surface area contributed by atoms with Gasteiger partial charge in [-0.25, -0.2) is 0 Å². The van der Waals surface area contributed by atoms with Gasteiger partial charge in [0.2, 0.25) is 11.8 Å². The number of benzene rings is 1. The molecule has 1 N–H and O–H groups in total. The maximum atomic E-state index is 12.6. The third kappa shape index (κ3) is 3.49. The van der Waals surface area contributed by atoms with Crippen LogP contribution in [0.1, 0.15) is 50.5 Å². The Balaban J connectivity index is 1.59. The van der Waals surface area contributed by atoms with Gasteiger partial charge in [-0.1, -0.05) is 37.3 Å². The van der Waals surface area contributed by atoms with Crippen LogP contribution < -0.4 is 5.32 Å². The van der Waals surface area contributed by atoms with Gasteiger partial charge in [-0.3, -0.25) is 9.59 Å². The average Bonchev–Trinajstić information content (AvgIpc) is 3.19. The number of amides is 2. The van der Waals surface area contributed by atoms with Gasteiger partial charge in [0.15, 0.2) is 0 Å². The molecule has 4 heteroatoms. The molecule has 118 valence electrons. The highest BCUT2D eigenvalue weighted by Crippen LogP contribution is 2.25. The first-order valence-electron chi connectivity index (χ1n) is 8.30. The number of rotatable bonds is 5. The summed E-state index contributed by atoms with van der Waals surface area (Å²) in [6, 6.07) is 10.2. The first kappa shape index (κ1) is 15.1. The Morgan fingerprint density at radius 3 is 2.64 bits per heavy atom. The van der Waals surface area contributed by atoms with E-state index < -0.39 is 0 Å². The molecule has 1 heterocycles. The summed E-state index contributed by atoms with van der Waals surface area (Å²) < 4.78 is 0. The maximum Gasteiger partial charge on any atom is 0.243 e. The van der Waals surface area contributed by atoms with Gasteiger partial charge in [0.25, 0.3) is 0 Å². The molecule has 0 spiro atoms. The van der Waals surface area contributed by atoms with Crippen LogP contribution in [0, 0.1) is 0 Å². The second kappa shape index (κ2) is 6.51. The molecule has 1 saturated carbocycles. The smallest absolute Gasteiger partial charge is 0.243 e. The number of nitrogens with one attached hydrogen (secondary N) is 1. The molecular weight excluding hydrogens is 276 g/mol. The van der Waals surface area contributed by atoms with Gasteiger partial charge in [-0.05, 0) is 37.2 Å². The van der Waals surface area contributed by atoms with E-state index in [9.17, 15) is 9.59 Å². The summed E-state index contributed by atoms with van der Waals surface area (Å²) in [7, 11) is 0. The molecule has 2 fully saturated rings. The summed E-state index contributed by atoms with van der Waals surface area (Å²) in [6.07, 6.45) is 4.35. The zero-order chi connectivity index (χ0) is 15.5. The van der Waals surface area contributed by atoms with Crippen molar-refractivity contribution in [3.8, 4) is 0 Å². The van der Waals surface area contributed by atoms with Gasteiger partial charge < -0.3 is 10.2 Å². The third-order valence-corrected chi connectivity index (χ3v) is 4.65. The molecule has 3 rings (SSSR count). The topological polar surface area (TPSA) is 49.4 Å². The summed E-state index contributed by atoms with van der Waals surface area (Å²) in [5.74, 6) is 0.326. The van der Waals surface area contributed by atoms with Crippen molar-refractivity contribution in [2.24, 2.45) is 0 Å². The highest BCUT2D eigenvalue weighted by atomic mass is 16.2. The molecule has 2 unspecified atom stereocenters. The van der Waals surface area contributed by atoms with Crippen molar-refractivity contribution in [1.29, 1.82) is 0 Å². The largest absolute Gasteiger partial charge is 0.352 e. The number of hydrogen-bond acceptors (Lipinski definition) is 2. The molecule has 1 aliphatic heterocycles. The molecular formula is C18H24N2O2. The summed E-state index contributed by atoms with van der Waals surface area (Å²) in [5, 5.41) is 3.03. The van der Waals surface area contributed by atoms with E-state index in [0.717, 1.165) is 25.7 Å². The van der Waals surface area contributed by atoms with Crippen molar-refractivity contribution in [2.75, 3.05) is 6.54 Å². The molecule has 2 amide bonds. The minimum absolute atomic E-state index is 0.0423. The van der Waals surface area contributed by atoms with Crippen LogP contribution in [0.15, 0.2) is 30.3 Å². The second-order valence-electron chi connectivity index (χ2n) is 6.54. The van der Waals surface area contributed by atoms with Crippen molar-refractivity contribution in [3.63, 3.8) is 0 Å². The Labute approximate surface area is 131 Å². The second-order valence-corrected chi connectivity index (χ2v) is 6.54. The molecule has 1 aromatic carbocycles. The molecule has 1 saturated heterocycles. The van der Waals surface area contributed by atoms with E-state index in [4.69, 9.17) is 0 Å². The van der Waals surface area contributed by atoms with Crippen molar-refractivity contribution in [1.82, 2.24) is 10.2 Å². The summed E-state index contributed by atoms with van der Waals surface area (Å²) in [5.41, 5.74) is 1.18. The fraction of sp³-hybridized carbons (Fsp3) is 0.556. The van der Waals surface area contributed by atoms with Crippen LogP contribution in [0.4, 0.5) is 0 Å². The Kier molecular flexibility index (Phi) is 4.46. The molecule has 0 bridgehead atoms. The lowest BCUT2D eigenvalue weighted by molar-refractivity contribution is -0.138. The van der Waals surface area contributed by atoms with Crippen LogP contribution in [0.3, 0.4) is 0 Å². The molecule has 4 nitrogen and oxygen atoms in total. The van der Waals surface area contributed by atoms with Crippen LogP contribution in [0.5, 0.6) is 0 Å². The van der Waals surface area contributed by atoms with Crippen molar-refractivity contribution in [2.45, 2.75) is 57.0 Å². The zero-order valence-corrected chi connectivity index (χ0v) is 13.1. The predicted molar refractivity (Wildman–Crippen MR) is 85.4 cm³/mol. The molecule has 0 aromatic heterocycles. The highest BCUT2D eigenvalue weighted by molar-refractivity contribution is 5.88. The van der Waals surface area contributed by atoms with E-state index in [-0.39, 0.29) is 23.8 Å². The van der Waals surface area contributed by atoms with E-state index in [0.29, 0.717) is 19.0 Å². The SMILES string of the molecule is CC(CC(=O)N1CCCC1C(=O)NC1CC1)c1ccccc1. The van der Waals surface area contributed by atoms with Gasteiger partial charge in [0.05, 0.1) is 0 Å². The standard InChI is InChI=1S/C18H24N2O2/c1-13(14-6-3-2-4-7-14)12-17(21)20-11-5-8-16(20)18(22)19-15-9-10-15/h2-4,6-7,13,15-16H,5,8-12H2,1H3,(H,19,22). The van der Waals surface area contributed by atoms with E-state index >= 15 is 0 Å². The van der Waals surface area contributed by atoms with Gasteiger partial charge in [0, 0.05) is 19.0 Å². The lowest BCUT2D eigenvalue weighted by Crippen LogP contribution is -2.46. The first-order chi connectivity index (χ1) is 10.6. The van der Waals surface area contributed by atoms with Crippen molar-refractivity contribution in [3.05, 3.63) is 35.9 Å². The molecule has 1 aromatic rings. The van der Waals surface area contributed by atoms with E-state index in [1.165, 1.54) is 5.56 Å². The van der Waals surface area contributed by atoms with Crippen LogP contribution in [-0.4, -0.2) is 35.3 Å². The first-order valence-corrected chi connectivity index (χ1v) is 8.30. The molecule has 22 heavy (non-hydrogen) atoms. The van der Waals surface area contributed by atoms with Gasteiger partial charge in [-0.15, -0.1) is 0 Å². The van der Waals surface area contributed by atoms with E-state index in [1.54, 1.807) is 4.90 Å².